The minimum absolute atomic E-state index is 0.000248. The quantitative estimate of drug-likeness (QED) is 0.606. The first-order valence-electron chi connectivity index (χ1n) is 10.5. The van der Waals surface area contributed by atoms with E-state index in [0.29, 0.717) is 17.0 Å². The van der Waals surface area contributed by atoms with E-state index in [-0.39, 0.29) is 23.6 Å². The van der Waals surface area contributed by atoms with Gasteiger partial charge in [0.1, 0.15) is 0 Å². The Morgan fingerprint density at radius 1 is 1.03 bits per heavy atom. The Morgan fingerprint density at radius 3 is 2.71 bits per heavy atom. The topological polar surface area (TPSA) is 67.4 Å². The maximum absolute atomic E-state index is 12.9. The average molecular weight is 410 g/mol. The summed E-state index contributed by atoms with van der Waals surface area (Å²) in [5.41, 5.74) is 4.34. The van der Waals surface area contributed by atoms with E-state index < -0.39 is 0 Å². The molecule has 1 aliphatic carbocycles. The molecule has 1 aliphatic heterocycles. The standard InChI is InChI=1S/C26H22N2O3/c29-25(27-21-12-6-10-18-9-4-5-11-20(18)21)19-13-14-23-22(16-19)28-26(30)24(31-23)15-17-7-2-1-3-8-17/h1-5,7-9,11,13-16,21H,6,10,12H2,(H,27,29)(H,28,30)/b24-15+/t21-/m0/s1. The van der Waals surface area contributed by atoms with Gasteiger partial charge < -0.3 is 15.4 Å². The predicted molar refractivity (Wildman–Crippen MR) is 120 cm³/mol. The van der Waals surface area contributed by atoms with Crippen LogP contribution in [0.15, 0.2) is 78.6 Å². The number of nitrogens with one attached hydrogen (secondary N) is 2. The van der Waals surface area contributed by atoms with E-state index >= 15 is 0 Å². The van der Waals surface area contributed by atoms with Crippen molar-refractivity contribution in [3.05, 3.63) is 101 Å². The second-order valence-electron chi connectivity index (χ2n) is 7.80. The van der Waals surface area contributed by atoms with Crippen LogP contribution in [0.2, 0.25) is 0 Å². The van der Waals surface area contributed by atoms with E-state index in [1.807, 2.05) is 42.5 Å². The monoisotopic (exact) mass is 410 g/mol. The van der Waals surface area contributed by atoms with E-state index in [0.717, 1.165) is 24.8 Å². The number of carbonyl (C=O) groups is 2. The van der Waals surface area contributed by atoms with Crippen LogP contribution in [0.3, 0.4) is 0 Å². The van der Waals surface area contributed by atoms with Gasteiger partial charge >= 0.3 is 0 Å². The van der Waals surface area contributed by atoms with Crippen molar-refractivity contribution in [1.82, 2.24) is 5.32 Å². The molecule has 0 bridgehead atoms. The van der Waals surface area contributed by atoms with Crippen molar-refractivity contribution >= 4 is 23.6 Å². The third-order valence-electron chi connectivity index (χ3n) is 5.71. The summed E-state index contributed by atoms with van der Waals surface area (Å²) in [7, 11) is 0. The molecular formula is C26H22N2O3. The average Bonchev–Trinajstić information content (AvgIpc) is 2.80. The van der Waals surface area contributed by atoms with E-state index in [1.54, 1.807) is 24.3 Å². The van der Waals surface area contributed by atoms with Crippen molar-refractivity contribution in [3.63, 3.8) is 0 Å². The number of rotatable bonds is 3. The molecule has 3 aromatic rings. The highest BCUT2D eigenvalue weighted by atomic mass is 16.5. The molecule has 0 spiro atoms. The van der Waals surface area contributed by atoms with Crippen LogP contribution >= 0.6 is 0 Å². The first-order chi connectivity index (χ1) is 15.2. The number of aryl methyl sites for hydroxylation is 1. The number of amides is 2. The molecule has 1 atom stereocenters. The predicted octanol–water partition coefficient (Wildman–Crippen LogP) is 4.87. The second kappa shape index (κ2) is 8.11. The summed E-state index contributed by atoms with van der Waals surface area (Å²) in [6.07, 6.45) is 4.71. The molecule has 3 aromatic carbocycles. The zero-order chi connectivity index (χ0) is 21.2. The van der Waals surface area contributed by atoms with Gasteiger partial charge in [0.15, 0.2) is 11.5 Å². The Kier molecular flexibility index (Phi) is 5.00. The largest absolute Gasteiger partial charge is 0.449 e. The summed E-state index contributed by atoms with van der Waals surface area (Å²) < 4.78 is 5.80. The van der Waals surface area contributed by atoms with Crippen LogP contribution in [0.4, 0.5) is 5.69 Å². The molecule has 5 heteroatoms. The van der Waals surface area contributed by atoms with Gasteiger partial charge in [-0.2, -0.15) is 0 Å². The lowest BCUT2D eigenvalue weighted by Gasteiger charge is -2.26. The molecule has 0 saturated carbocycles. The van der Waals surface area contributed by atoms with E-state index in [1.165, 1.54) is 11.1 Å². The van der Waals surface area contributed by atoms with Gasteiger partial charge in [-0.05, 0) is 60.2 Å². The maximum Gasteiger partial charge on any atom is 0.291 e. The number of hydrogen-bond donors (Lipinski definition) is 2. The third-order valence-corrected chi connectivity index (χ3v) is 5.71. The van der Waals surface area contributed by atoms with Gasteiger partial charge in [-0.15, -0.1) is 0 Å². The molecule has 1 heterocycles. The normalized spacial score (nSPS) is 18.4. The fraction of sp³-hybridized carbons (Fsp3) is 0.154. The number of carbonyl (C=O) groups excluding carboxylic acids is 2. The number of anilines is 1. The van der Waals surface area contributed by atoms with E-state index in [2.05, 4.69) is 22.8 Å². The number of hydrogen-bond acceptors (Lipinski definition) is 3. The number of benzene rings is 3. The van der Waals surface area contributed by atoms with Crippen LogP contribution in [0.1, 0.15) is 45.9 Å². The lowest BCUT2D eigenvalue weighted by atomic mass is 9.87. The van der Waals surface area contributed by atoms with Gasteiger partial charge in [-0.3, -0.25) is 9.59 Å². The van der Waals surface area contributed by atoms with Gasteiger partial charge in [-0.1, -0.05) is 54.6 Å². The van der Waals surface area contributed by atoms with Gasteiger partial charge in [0.2, 0.25) is 0 Å². The van der Waals surface area contributed by atoms with Gasteiger partial charge in [0.05, 0.1) is 11.7 Å². The summed E-state index contributed by atoms with van der Waals surface area (Å²) in [5, 5.41) is 5.98. The number of ether oxygens (including phenoxy) is 1. The zero-order valence-corrected chi connectivity index (χ0v) is 16.9. The summed E-state index contributed by atoms with van der Waals surface area (Å²) in [5.74, 6) is 0.232. The summed E-state index contributed by atoms with van der Waals surface area (Å²) in [6.45, 7) is 0. The van der Waals surface area contributed by atoms with Crippen LogP contribution in [0, 0.1) is 0 Å². The van der Waals surface area contributed by atoms with Gasteiger partial charge in [0, 0.05) is 5.56 Å². The molecule has 0 unspecified atom stereocenters. The van der Waals surface area contributed by atoms with Crippen molar-refractivity contribution in [2.75, 3.05) is 5.32 Å². The highest BCUT2D eigenvalue weighted by Gasteiger charge is 2.25. The molecular weight excluding hydrogens is 388 g/mol. The van der Waals surface area contributed by atoms with Crippen molar-refractivity contribution in [2.24, 2.45) is 0 Å². The zero-order valence-electron chi connectivity index (χ0n) is 16.9. The molecule has 2 aliphatic rings. The Balaban J connectivity index is 1.35. The minimum atomic E-state index is -0.338. The molecule has 5 rings (SSSR count). The first-order valence-corrected chi connectivity index (χ1v) is 10.5. The minimum Gasteiger partial charge on any atom is -0.449 e. The Labute approximate surface area is 180 Å². The first kappa shape index (κ1) is 19.1. The third kappa shape index (κ3) is 3.94. The number of fused-ring (bicyclic) bond motifs is 2. The summed E-state index contributed by atoms with van der Waals surface area (Å²) in [6, 6.07) is 22.9. The van der Waals surface area contributed by atoms with Crippen molar-refractivity contribution in [2.45, 2.75) is 25.3 Å². The van der Waals surface area contributed by atoms with Crippen molar-refractivity contribution in [3.8, 4) is 5.75 Å². The second-order valence-corrected chi connectivity index (χ2v) is 7.80. The van der Waals surface area contributed by atoms with Crippen LogP contribution < -0.4 is 15.4 Å². The van der Waals surface area contributed by atoms with Crippen LogP contribution in [-0.4, -0.2) is 11.8 Å². The fourth-order valence-corrected chi connectivity index (χ4v) is 4.15. The molecule has 2 N–H and O–H groups in total. The van der Waals surface area contributed by atoms with Crippen LogP contribution in [-0.2, 0) is 11.2 Å². The van der Waals surface area contributed by atoms with E-state index in [4.69, 9.17) is 4.74 Å². The molecule has 0 saturated heterocycles. The SMILES string of the molecule is O=C1Nc2cc(C(=O)N[C@H]3CCCc4ccccc43)ccc2O/C1=C/c1ccccc1. The molecule has 2 amide bonds. The molecule has 5 nitrogen and oxygen atoms in total. The summed E-state index contributed by atoms with van der Waals surface area (Å²) in [4.78, 5) is 25.4. The lowest BCUT2D eigenvalue weighted by molar-refractivity contribution is -0.115. The Hall–Kier alpha value is -3.86. The lowest BCUT2D eigenvalue weighted by Crippen LogP contribution is -2.31. The van der Waals surface area contributed by atoms with Crippen molar-refractivity contribution < 1.29 is 14.3 Å². The van der Waals surface area contributed by atoms with Crippen molar-refractivity contribution in [1.29, 1.82) is 0 Å². The molecule has 0 radical (unpaired) electrons. The Morgan fingerprint density at radius 2 is 1.84 bits per heavy atom. The maximum atomic E-state index is 12.9. The molecule has 0 aromatic heterocycles. The summed E-state index contributed by atoms with van der Waals surface area (Å²) >= 11 is 0. The van der Waals surface area contributed by atoms with Gasteiger partial charge in [-0.25, -0.2) is 0 Å². The van der Waals surface area contributed by atoms with Gasteiger partial charge in [0.25, 0.3) is 11.8 Å². The molecule has 154 valence electrons. The smallest absolute Gasteiger partial charge is 0.291 e. The van der Waals surface area contributed by atoms with Crippen LogP contribution in [0.25, 0.3) is 6.08 Å². The van der Waals surface area contributed by atoms with E-state index in [9.17, 15) is 9.59 Å². The molecule has 31 heavy (non-hydrogen) atoms. The molecule has 0 fully saturated rings. The van der Waals surface area contributed by atoms with Crippen LogP contribution in [0.5, 0.6) is 5.75 Å². The highest BCUT2D eigenvalue weighted by molar-refractivity contribution is 6.09. The fourth-order valence-electron chi connectivity index (χ4n) is 4.15. The highest BCUT2D eigenvalue weighted by Crippen LogP contribution is 2.33. The Bertz CT molecular complexity index is 1180.